The Balaban J connectivity index is 1.82. The van der Waals surface area contributed by atoms with Crippen LogP contribution in [0.3, 0.4) is 0 Å². The highest BCUT2D eigenvalue weighted by atomic mass is 79.9. The van der Waals surface area contributed by atoms with Crippen molar-refractivity contribution in [2.75, 3.05) is 6.61 Å². The molecule has 0 aliphatic carbocycles. The zero-order valence-electron chi connectivity index (χ0n) is 19.1. The second-order valence-corrected chi connectivity index (χ2v) is 9.23. The molecule has 3 aromatic rings. The summed E-state index contributed by atoms with van der Waals surface area (Å²) < 4.78 is 12.4. The van der Waals surface area contributed by atoms with Crippen molar-refractivity contribution in [2.45, 2.75) is 26.5 Å². The number of nitrogens with zero attached hydrogens (tertiary/aromatic N) is 1. The van der Waals surface area contributed by atoms with Gasteiger partial charge in [-0.2, -0.15) is 5.26 Å². The lowest BCUT2D eigenvalue weighted by atomic mass is 10.1. The average Bonchev–Trinajstić information content (AvgIpc) is 2.85. The van der Waals surface area contributed by atoms with Gasteiger partial charge < -0.3 is 14.8 Å². The highest BCUT2D eigenvalue weighted by Crippen LogP contribution is 2.36. The number of hydrogen-bond acceptors (Lipinski definition) is 4. The van der Waals surface area contributed by atoms with E-state index in [2.05, 4.69) is 21.2 Å². The standard InChI is InChI=1S/C27H23BrCl2N2O3/c1-3-34-25-13-20(12-21(15-31)27(33)32-17(2)19-7-5-4-6-8-19)22(28)14-26(25)35-16-18-9-10-23(29)24(30)11-18/h4-14,17H,3,16H2,1-2H3,(H,32,33)/b21-12-/t17-/m1/s1. The van der Waals surface area contributed by atoms with E-state index in [0.717, 1.165) is 11.1 Å². The molecule has 8 heteroatoms. The summed E-state index contributed by atoms with van der Waals surface area (Å²) in [5, 5.41) is 13.4. The Kier molecular flexibility index (Phi) is 9.62. The van der Waals surface area contributed by atoms with Gasteiger partial charge in [-0.1, -0.05) is 75.5 Å². The van der Waals surface area contributed by atoms with Crippen molar-refractivity contribution < 1.29 is 14.3 Å². The number of amides is 1. The Morgan fingerprint density at radius 1 is 1.09 bits per heavy atom. The van der Waals surface area contributed by atoms with Gasteiger partial charge in [-0.25, -0.2) is 0 Å². The molecular weight excluding hydrogens is 551 g/mol. The van der Waals surface area contributed by atoms with E-state index in [4.69, 9.17) is 32.7 Å². The van der Waals surface area contributed by atoms with Gasteiger partial charge in [0.15, 0.2) is 11.5 Å². The SMILES string of the molecule is CCOc1cc(/C=C(/C#N)C(=O)N[C@H](C)c2ccccc2)c(Br)cc1OCc1ccc(Cl)c(Cl)c1. The summed E-state index contributed by atoms with van der Waals surface area (Å²) in [6, 6.07) is 20.0. The molecule has 0 heterocycles. The largest absolute Gasteiger partial charge is 0.490 e. The molecule has 0 saturated carbocycles. The maximum atomic E-state index is 12.8. The van der Waals surface area contributed by atoms with Gasteiger partial charge in [-0.3, -0.25) is 4.79 Å². The number of nitriles is 1. The lowest BCUT2D eigenvalue weighted by Crippen LogP contribution is -2.27. The fraction of sp³-hybridized carbons (Fsp3) is 0.185. The molecule has 0 aromatic heterocycles. The minimum atomic E-state index is -0.464. The van der Waals surface area contributed by atoms with E-state index in [-0.39, 0.29) is 18.2 Å². The minimum Gasteiger partial charge on any atom is -0.490 e. The molecule has 5 nitrogen and oxygen atoms in total. The smallest absolute Gasteiger partial charge is 0.262 e. The van der Waals surface area contributed by atoms with E-state index in [1.165, 1.54) is 6.08 Å². The molecule has 0 bridgehead atoms. The van der Waals surface area contributed by atoms with Gasteiger partial charge in [-0.15, -0.1) is 0 Å². The van der Waals surface area contributed by atoms with Crippen molar-refractivity contribution in [3.8, 4) is 17.6 Å². The highest BCUT2D eigenvalue weighted by molar-refractivity contribution is 9.10. The number of hydrogen-bond donors (Lipinski definition) is 1. The van der Waals surface area contributed by atoms with Gasteiger partial charge in [0.25, 0.3) is 5.91 Å². The summed E-state index contributed by atoms with van der Waals surface area (Å²) >= 11 is 15.6. The van der Waals surface area contributed by atoms with Crippen molar-refractivity contribution in [3.63, 3.8) is 0 Å². The van der Waals surface area contributed by atoms with Crippen molar-refractivity contribution in [1.29, 1.82) is 5.26 Å². The molecular formula is C27H23BrCl2N2O3. The quantitative estimate of drug-likeness (QED) is 0.212. The molecule has 0 aliphatic rings. The van der Waals surface area contributed by atoms with Crippen LogP contribution >= 0.6 is 39.1 Å². The third kappa shape index (κ3) is 7.25. The van der Waals surface area contributed by atoms with Crippen molar-refractivity contribution in [2.24, 2.45) is 0 Å². The van der Waals surface area contributed by atoms with Crippen LogP contribution < -0.4 is 14.8 Å². The third-order valence-electron chi connectivity index (χ3n) is 5.05. The van der Waals surface area contributed by atoms with Gasteiger partial charge >= 0.3 is 0 Å². The minimum absolute atomic E-state index is 0.0274. The van der Waals surface area contributed by atoms with Crippen LogP contribution in [0.1, 0.15) is 36.6 Å². The maximum Gasteiger partial charge on any atom is 0.262 e. The Bertz CT molecular complexity index is 1270. The Morgan fingerprint density at radius 2 is 1.80 bits per heavy atom. The van der Waals surface area contributed by atoms with Crippen LogP contribution in [0.25, 0.3) is 6.08 Å². The fourth-order valence-corrected chi connectivity index (χ4v) is 3.99. The number of halogens is 3. The first kappa shape index (κ1) is 26.6. The van der Waals surface area contributed by atoms with Gasteiger partial charge in [0.2, 0.25) is 0 Å². The molecule has 1 atom stereocenters. The second kappa shape index (κ2) is 12.6. The second-order valence-electron chi connectivity index (χ2n) is 7.57. The molecule has 1 N–H and O–H groups in total. The molecule has 180 valence electrons. The Labute approximate surface area is 223 Å². The molecule has 3 rings (SSSR count). The number of nitrogens with one attached hydrogen (secondary N) is 1. The Hall–Kier alpha value is -2.98. The van der Waals surface area contributed by atoms with Crippen LogP contribution in [0.15, 0.2) is 70.7 Å². The molecule has 35 heavy (non-hydrogen) atoms. The molecule has 0 saturated heterocycles. The number of carbonyl (C=O) groups is 1. The number of benzene rings is 3. The van der Waals surface area contributed by atoms with Gasteiger partial charge in [0.05, 0.1) is 22.7 Å². The number of ether oxygens (including phenoxy) is 2. The third-order valence-corrected chi connectivity index (χ3v) is 6.48. The normalized spacial score (nSPS) is 11.9. The molecule has 0 spiro atoms. The van der Waals surface area contributed by atoms with Crippen LogP contribution in [0.4, 0.5) is 0 Å². The van der Waals surface area contributed by atoms with Gasteiger partial charge in [0.1, 0.15) is 18.2 Å². The summed E-state index contributed by atoms with van der Waals surface area (Å²) in [5.74, 6) is 0.522. The number of rotatable bonds is 9. The zero-order valence-corrected chi connectivity index (χ0v) is 22.2. The van der Waals surface area contributed by atoms with Crippen molar-refractivity contribution >= 4 is 51.1 Å². The van der Waals surface area contributed by atoms with Gasteiger partial charge in [0, 0.05) is 4.47 Å². The maximum absolute atomic E-state index is 12.8. The van der Waals surface area contributed by atoms with Crippen LogP contribution in [0.2, 0.25) is 10.0 Å². The molecule has 0 radical (unpaired) electrons. The lowest BCUT2D eigenvalue weighted by molar-refractivity contribution is -0.117. The summed E-state index contributed by atoms with van der Waals surface area (Å²) in [4.78, 5) is 12.8. The van der Waals surface area contributed by atoms with E-state index in [1.807, 2.05) is 56.3 Å². The molecule has 3 aromatic carbocycles. The van der Waals surface area contributed by atoms with Gasteiger partial charge in [-0.05, 0) is 60.9 Å². The first-order valence-corrected chi connectivity index (χ1v) is 12.4. The van der Waals surface area contributed by atoms with Crippen LogP contribution in [-0.2, 0) is 11.4 Å². The first-order valence-electron chi connectivity index (χ1n) is 10.8. The van der Waals surface area contributed by atoms with Crippen LogP contribution in [-0.4, -0.2) is 12.5 Å². The first-order chi connectivity index (χ1) is 16.8. The van der Waals surface area contributed by atoms with Crippen molar-refractivity contribution in [3.05, 3.63) is 97.4 Å². The van der Waals surface area contributed by atoms with E-state index in [1.54, 1.807) is 24.3 Å². The topological polar surface area (TPSA) is 71.3 Å². The monoisotopic (exact) mass is 572 g/mol. The summed E-state index contributed by atoms with van der Waals surface area (Å²) in [6.45, 7) is 4.39. The van der Waals surface area contributed by atoms with Crippen LogP contribution in [0.5, 0.6) is 11.5 Å². The molecule has 0 aliphatic heterocycles. The highest BCUT2D eigenvalue weighted by Gasteiger charge is 2.16. The predicted octanol–water partition coefficient (Wildman–Crippen LogP) is 7.52. The average molecular weight is 574 g/mol. The molecule has 0 unspecified atom stereocenters. The molecule has 0 fully saturated rings. The molecule has 1 amide bonds. The van der Waals surface area contributed by atoms with Crippen molar-refractivity contribution in [1.82, 2.24) is 5.32 Å². The van der Waals surface area contributed by atoms with Crippen LogP contribution in [0, 0.1) is 11.3 Å². The fourth-order valence-electron chi connectivity index (χ4n) is 3.24. The van der Waals surface area contributed by atoms with E-state index in [0.29, 0.717) is 38.2 Å². The zero-order chi connectivity index (χ0) is 25.4. The van der Waals surface area contributed by atoms with E-state index < -0.39 is 5.91 Å². The summed E-state index contributed by atoms with van der Waals surface area (Å²) in [7, 11) is 0. The summed E-state index contributed by atoms with van der Waals surface area (Å²) in [6.07, 6.45) is 1.52. The lowest BCUT2D eigenvalue weighted by Gasteiger charge is -2.15. The summed E-state index contributed by atoms with van der Waals surface area (Å²) in [5.41, 5.74) is 2.37. The number of carbonyl (C=O) groups excluding carboxylic acids is 1. The van der Waals surface area contributed by atoms with E-state index >= 15 is 0 Å². The van der Waals surface area contributed by atoms with E-state index in [9.17, 15) is 10.1 Å². The predicted molar refractivity (Wildman–Crippen MR) is 143 cm³/mol. The Morgan fingerprint density at radius 3 is 2.46 bits per heavy atom.